The fraction of sp³-hybridized carbons (Fsp3) is 0.600. The van der Waals surface area contributed by atoms with Crippen molar-refractivity contribution in [1.29, 1.82) is 0 Å². The molecule has 1 aromatic carbocycles. The van der Waals surface area contributed by atoms with Crippen LogP contribution in [0.1, 0.15) is 43.1 Å². The summed E-state index contributed by atoms with van der Waals surface area (Å²) in [6.07, 6.45) is 2.22. The van der Waals surface area contributed by atoms with Gasteiger partial charge in [-0.25, -0.2) is 0 Å². The minimum absolute atomic E-state index is 0.0207. The molecule has 0 spiro atoms. The van der Waals surface area contributed by atoms with Crippen LogP contribution in [0.2, 0.25) is 0 Å². The van der Waals surface area contributed by atoms with Gasteiger partial charge in [-0.05, 0) is 49.5 Å². The van der Waals surface area contributed by atoms with Gasteiger partial charge in [0, 0.05) is 6.04 Å². The minimum Gasteiger partial charge on any atom is -0.387 e. The summed E-state index contributed by atoms with van der Waals surface area (Å²) in [4.78, 5) is 0. The molecule has 18 heavy (non-hydrogen) atoms. The van der Waals surface area contributed by atoms with Gasteiger partial charge >= 0.3 is 0 Å². The molecule has 2 atom stereocenters. The third-order valence-corrected chi connectivity index (χ3v) is 3.55. The van der Waals surface area contributed by atoms with E-state index >= 15 is 0 Å². The van der Waals surface area contributed by atoms with Gasteiger partial charge in [0.1, 0.15) is 0 Å². The first kappa shape index (κ1) is 15.2. The molecule has 0 aromatic heterocycles. The molecule has 0 heterocycles. The number of nitrogens with one attached hydrogen (secondary N) is 1. The van der Waals surface area contributed by atoms with Crippen molar-refractivity contribution in [1.82, 2.24) is 5.32 Å². The van der Waals surface area contributed by atoms with E-state index in [0.29, 0.717) is 6.54 Å². The molecule has 0 radical (unpaired) electrons. The van der Waals surface area contributed by atoms with Gasteiger partial charge in [0.05, 0.1) is 6.10 Å². The summed E-state index contributed by atoms with van der Waals surface area (Å²) in [5.41, 5.74) is 9.13. The lowest BCUT2D eigenvalue weighted by Gasteiger charge is -2.24. The summed E-state index contributed by atoms with van der Waals surface area (Å²) in [5.74, 6) is 0. The fourth-order valence-corrected chi connectivity index (χ4v) is 2.32. The molecule has 4 N–H and O–H groups in total. The Balaban J connectivity index is 3.04. The molecule has 102 valence electrons. The average Bonchev–Trinajstić information content (AvgIpc) is 2.43. The third-order valence-electron chi connectivity index (χ3n) is 3.55. The van der Waals surface area contributed by atoms with E-state index in [2.05, 4.69) is 37.4 Å². The lowest BCUT2D eigenvalue weighted by atomic mass is 9.92. The molecule has 0 fully saturated rings. The summed E-state index contributed by atoms with van der Waals surface area (Å²) in [6.45, 7) is 4.83. The number of benzene rings is 1. The number of aryl methyl sites for hydroxylation is 2. The Morgan fingerprint density at radius 1 is 1.28 bits per heavy atom. The Morgan fingerprint density at radius 3 is 2.50 bits per heavy atom. The molecule has 0 aliphatic rings. The number of rotatable bonds is 7. The highest BCUT2D eigenvalue weighted by atomic mass is 16.3. The summed E-state index contributed by atoms with van der Waals surface area (Å²) in [7, 11) is 1.87. The number of aliphatic hydroxyl groups excluding tert-OH is 1. The quantitative estimate of drug-likeness (QED) is 0.691. The van der Waals surface area contributed by atoms with Crippen LogP contribution in [0.3, 0.4) is 0 Å². The van der Waals surface area contributed by atoms with E-state index in [0.717, 1.165) is 24.8 Å². The van der Waals surface area contributed by atoms with Crippen LogP contribution in [0.4, 0.5) is 0 Å². The van der Waals surface area contributed by atoms with Crippen molar-refractivity contribution in [3.05, 3.63) is 34.9 Å². The number of hydrogen-bond acceptors (Lipinski definition) is 3. The van der Waals surface area contributed by atoms with Crippen molar-refractivity contribution in [3.63, 3.8) is 0 Å². The molecule has 2 unspecified atom stereocenters. The van der Waals surface area contributed by atoms with Gasteiger partial charge < -0.3 is 16.2 Å². The maximum atomic E-state index is 10.5. The topological polar surface area (TPSA) is 58.3 Å². The van der Waals surface area contributed by atoms with E-state index in [1.807, 2.05) is 7.05 Å². The fourth-order valence-electron chi connectivity index (χ4n) is 2.32. The standard InChI is InChI=1S/C15H26N2O/c1-4-11-6-7-12(5-2)13(10-11)15(18)14(17-3)8-9-16/h6-7,10,14-15,17-18H,4-5,8-9,16H2,1-3H3. The van der Waals surface area contributed by atoms with Crippen molar-refractivity contribution in [2.45, 2.75) is 45.3 Å². The molecule has 3 nitrogen and oxygen atoms in total. The Hall–Kier alpha value is -0.900. The SMILES string of the molecule is CCc1ccc(CC)c(C(O)C(CCN)NC)c1. The van der Waals surface area contributed by atoms with Crippen LogP contribution in [0.25, 0.3) is 0 Å². The van der Waals surface area contributed by atoms with Gasteiger partial charge in [-0.1, -0.05) is 32.0 Å². The van der Waals surface area contributed by atoms with E-state index in [9.17, 15) is 5.11 Å². The van der Waals surface area contributed by atoms with Crippen LogP contribution in [0.15, 0.2) is 18.2 Å². The summed E-state index contributed by atoms with van der Waals surface area (Å²) in [6, 6.07) is 6.43. The van der Waals surface area contributed by atoms with Crippen molar-refractivity contribution in [3.8, 4) is 0 Å². The smallest absolute Gasteiger partial charge is 0.0946 e. The van der Waals surface area contributed by atoms with Crippen molar-refractivity contribution < 1.29 is 5.11 Å². The lowest BCUT2D eigenvalue weighted by Crippen LogP contribution is -2.34. The van der Waals surface area contributed by atoms with Crippen LogP contribution in [-0.4, -0.2) is 24.7 Å². The second kappa shape index (κ2) is 7.52. The average molecular weight is 250 g/mol. The highest BCUT2D eigenvalue weighted by Crippen LogP contribution is 2.24. The monoisotopic (exact) mass is 250 g/mol. The van der Waals surface area contributed by atoms with Crippen molar-refractivity contribution in [2.75, 3.05) is 13.6 Å². The van der Waals surface area contributed by atoms with E-state index in [-0.39, 0.29) is 6.04 Å². The van der Waals surface area contributed by atoms with Gasteiger partial charge in [-0.2, -0.15) is 0 Å². The zero-order valence-corrected chi connectivity index (χ0v) is 11.7. The Morgan fingerprint density at radius 2 is 2.00 bits per heavy atom. The largest absolute Gasteiger partial charge is 0.387 e. The molecular weight excluding hydrogens is 224 g/mol. The third kappa shape index (κ3) is 3.55. The van der Waals surface area contributed by atoms with Crippen molar-refractivity contribution in [2.24, 2.45) is 5.73 Å². The number of aliphatic hydroxyl groups is 1. The van der Waals surface area contributed by atoms with Crippen LogP contribution in [0, 0.1) is 0 Å². The minimum atomic E-state index is -0.486. The lowest BCUT2D eigenvalue weighted by molar-refractivity contribution is 0.128. The van der Waals surface area contributed by atoms with E-state index in [1.54, 1.807) is 0 Å². The first-order chi connectivity index (χ1) is 8.67. The second-order valence-corrected chi connectivity index (χ2v) is 4.66. The molecular formula is C15H26N2O. The number of likely N-dealkylation sites (N-methyl/N-ethyl adjacent to an activating group) is 1. The first-order valence-electron chi connectivity index (χ1n) is 6.84. The van der Waals surface area contributed by atoms with Gasteiger partial charge in [0.25, 0.3) is 0 Å². The first-order valence-corrected chi connectivity index (χ1v) is 6.84. The molecule has 0 amide bonds. The molecule has 1 aromatic rings. The highest BCUT2D eigenvalue weighted by molar-refractivity contribution is 5.34. The van der Waals surface area contributed by atoms with Gasteiger partial charge in [-0.3, -0.25) is 0 Å². The Bertz CT molecular complexity index is 366. The summed E-state index contributed by atoms with van der Waals surface area (Å²) in [5, 5.41) is 13.7. The zero-order chi connectivity index (χ0) is 13.5. The van der Waals surface area contributed by atoms with Crippen LogP contribution in [0.5, 0.6) is 0 Å². The highest BCUT2D eigenvalue weighted by Gasteiger charge is 2.20. The summed E-state index contributed by atoms with van der Waals surface area (Å²) >= 11 is 0. The molecule has 0 aliphatic heterocycles. The van der Waals surface area contributed by atoms with Crippen LogP contribution < -0.4 is 11.1 Å². The normalized spacial score (nSPS) is 14.5. The Kier molecular flexibility index (Phi) is 6.33. The Labute approximate surface area is 110 Å². The molecule has 0 aliphatic carbocycles. The van der Waals surface area contributed by atoms with E-state index in [1.165, 1.54) is 11.1 Å². The van der Waals surface area contributed by atoms with Crippen molar-refractivity contribution >= 4 is 0 Å². The maximum Gasteiger partial charge on any atom is 0.0946 e. The molecule has 0 saturated carbocycles. The van der Waals surface area contributed by atoms with Crippen LogP contribution >= 0.6 is 0 Å². The zero-order valence-electron chi connectivity index (χ0n) is 11.7. The predicted molar refractivity (Wildman–Crippen MR) is 76.7 cm³/mol. The second-order valence-electron chi connectivity index (χ2n) is 4.66. The number of hydrogen-bond donors (Lipinski definition) is 3. The van der Waals surface area contributed by atoms with Crippen LogP contribution in [-0.2, 0) is 12.8 Å². The molecule has 3 heteroatoms. The molecule has 0 bridgehead atoms. The maximum absolute atomic E-state index is 10.5. The predicted octanol–water partition coefficient (Wildman–Crippen LogP) is 1.78. The van der Waals surface area contributed by atoms with Gasteiger partial charge in [0.2, 0.25) is 0 Å². The number of nitrogens with two attached hydrogens (primary N) is 1. The van der Waals surface area contributed by atoms with Gasteiger partial charge in [-0.15, -0.1) is 0 Å². The van der Waals surface area contributed by atoms with E-state index in [4.69, 9.17) is 5.73 Å². The molecule has 0 saturated heterocycles. The van der Waals surface area contributed by atoms with E-state index < -0.39 is 6.10 Å². The summed E-state index contributed by atoms with van der Waals surface area (Å²) < 4.78 is 0. The molecule has 1 rings (SSSR count). The van der Waals surface area contributed by atoms with Gasteiger partial charge in [0.15, 0.2) is 0 Å².